The Labute approximate surface area is 177 Å². The highest BCUT2D eigenvalue weighted by molar-refractivity contribution is 5.83. The summed E-state index contributed by atoms with van der Waals surface area (Å²) in [6.07, 6.45) is 7.78. The second-order valence-corrected chi connectivity index (χ2v) is 8.66. The molecule has 3 aromatic rings. The molecule has 0 bridgehead atoms. The Hall–Kier alpha value is -2.38. The molecule has 30 heavy (non-hydrogen) atoms. The van der Waals surface area contributed by atoms with E-state index in [2.05, 4.69) is 62.2 Å². The van der Waals surface area contributed by atoms with Crippen LogP contribution >= 0.6 is 0 Å². The van der Waals surface area contributed by atoms with E-state index in [4.69, 9.17) is 9.47 Å². The molecular formula is C23H31N5O2. The lowest BCUT2D eigenvalue weighted by Gasteiger charge is -2.28. The van der Waals surface area contributed by atoms with Crippen LogP contribution in [0.3, 0.4) is 0 Å². The average molecular weight is 410 g/mol. The highest BCUT2D eigenvalue weighted by Crippen LogP contribution is 2.25. The first-order valence-corrected chi connectivity index (χ1v) is 11.2. The van der Waals surface area contributed by atoms with Crippen LogP contribution < -0.4 is 4.90 Å². The summed E-state index contributed by atoms with van der Waals surface area (Å²) in [6.45, 7) is 4.30. The lowest BCUT2D eigenvalue weighted by Crippen LogP contribution is -2.35. The maximum absolute atomic E-state index is 5.96. The molecule has 1 aromatic carbocycles. The molecule has 2 atom stereocenters. The fourth-order valence-electron chi connectivity index (χ4n) is 4.70. The van der Waals surface area contributed by atoms with Crippen LogP contribution in [-0.2, 0) is 22.4 Å². The molecule has 7 nitrogen and oxygen atoms in total. The first kappa shape index (κ1) is 19.6. The predicted molar refractivity (Wildman–Crippen MR) is 117 cm³/mol. The van der Waals surface area contributed by atoms with Crippen molar-refractivity contribution in [3.8, 4) is 0 Å². The van der Waals surface area contributed by atoms with Gasteiger partial charge in [-0.3, -0.25) is 4.57 Å². The van der Waals surface area contributed by atoms with Gasteiger partial charge in [0, 0.05) is 62.8 Å². The third kappa shape index (κ3) is 4.09. The molecule has 0 saturated carbocycles. The zero-order valence-corrected chi connectivity index (χ0v) is 17.7. The first-order chi connectivity index (χ1) is 14.8. The van der Waals surface area contributed by atoms with E-state index in [0.717, 1.165) is 69.5 Å². The third-order valence-corrected chi connectivity index (χ3v) is 6.39. The van der Waals surface area contributed by atoms with E-state index in [1.807, 2.05) is 0 Å². The number of benzene rings is 1. The number of nitrogens with one attached hydrogen (secondary N) is 1. The highest BCUT2D eigenvalue weighted by atomic mass is 16.5. The second-order valence-electron chi connectivity index (χ2n) is 8.66. The Kier molecular flexibility index (Phi) is 5.73. The van der Waals surface area contributed by atoms with Crippen LogP contribution in [0.25, 0.3) is 10.9 Å². The van der Waals surface area contributed by atoms with Gasteiger partial charge in [0.25, 0.3) is 0 Å². The summed E-state index contributed by atoms with van der Waals surface area (Å²) in [5.41, 5.74) is 2.42. The number of rotatable bonds is 7. The van der Waals surface area contributed by atoms with Crippen LogP contribution in [0, 0.1) is 5.92 Å². The lowest BCUT2D eigenvalue weighted by molar-refractivity contribution is 0.0213. The van der Waals surface area contributed by atoms with Gasteiger partial charge in [-0.15, -0.1) is 10.2 Å². The molecule has 4 heterocycles. The monoisotopic (exact) mass is 409 g/mol. The van der Waals surface area contributed by atoms with Crippen molar-refractivity contribution in [1.29, 1.82) is 0 Å². The molecule has 5 rings (SSSR count). The Bertz CT molecular complexity index is 969. The maximum Gasteiger partial charge on any atom is 0.227 e. The summed E-state index contributed by atoms with van der Waals surface area (Å²) in [5, 5.41) is 10.5. The SMILES string of the molecule is CN(C[C@H]1CCCCO1)c1nnc(Cc2c[nH]c3ccccc23)n1C[C@@H]1CCOC1. The summed E-state index contributed by atoms with van der Waals surface area (Å²) in [6, 6.07) is 8.43. The Morgan fingerprint density at radius 2 is 2.10 bits per heavy atom. The first-order valence-electron chi connectivity index (χ1n) is 11.2. The topological polar surface area (TPSA) is 68.2 Å². The number of hydrogen-bond acceptors (Lipinski definition) is 5. The minimum atomic E-state index is 0.279. The number of nitrogens with zero attached hydrogens (tertiary/aromatic N) is 4. The number of likely N-dealkylation sites (N-methyl/N-ethyl adjacent to an activating group) is 1. The van der Waals surface area contributed by atoms with Gasteiger partial charge in [-0.2, -0.15) is 0 Å². The van der Waals surface area contributed by atoms with Crippen LogP contribution in [0.15, 0.2) is 30.5 Å². The van der Waals surface area contributed by atoms with Gasteiger partial charge < -0.3 is 19.4 Å². The second kappa shape index (κ2) is 8.78. The molecular weight excluding hydrogens is 378 g/mol. The Balaban J connectivity index is 1.41. The normalized spacial score (nSPS) is 22.0. The van der Waals surface area contributed by atoms with Gasteiger partial charge in [-0.05, 0) is 37.3 Å². The van der Waals surface area contributed by atoms with Gasteiger partial charge in [-0.25, -0.2) is 0 Å². The van der Waals surface area contributed by atoms with Crippen molar-refractivity contribution in [2.45, 2.75) is 44.8 Å². The minimum absolute atomic E-state index is 0.279. The Morgan fingerprint density at radius 3 is 2.93 bits per heavy atom. The van der Waals surface area contributed by atoms with Gasteiger partial charge in [0.15, 0.2) is 0 Å². The lowest BCUT2D eigenvalue weighted by atomic mass is 10.1. The molecule has 0 amide bonds. The maximum atomic E-state index is 5.96. The van der Waals surface area contributed by atoms with Gasteiger partial charge >= 0.3 is 0 Å². The van der Waals surface area contributed by atoms with Crippen LogP contribution in [0.1, 0.15) is 37.1 Å². The largest absolute Gasteiger partial charge is 0.381 e. The fourth-order valence-corrected chi connectivity index (χ4v) is 4.70. The number of ether oxygens (including phenoxy) is 2. The summed E-state index contributed by atoms with van der Waals surface area (Å²) < 4.78 is 13.9. The molecule has 0 unspecified atom stereocenters. The summed E-state index contributed by atoms with van der Waals surface area (Å²) in [4.78, 5) is 5.60. The van der Waals surface area contributed by atoms with Crippen LogP contribution in [-0.4, -0.2) is 59.3 Å². The smallest absolute Gasteiger partial charge is 0.227 e. The van der Waals surface area contributed by atoms with Crippen molar-refractivity contribution in [2.24, 2.45) is 5.92 Å². The standard InChI is InChI=1S/C23H31N5O2/c1-27(15-19-6-4-5-10-30-19)23-26-25-22(28(23)14-17-9-11-29-16-17)12-18-13-24-21-8-3-2-7-20(18)21/h2-3,7-8,13,17,19,24H,4-6,9-12,14-16H2,1H3/t17-,19+/m0/s1. The molecule has 0 radical (unpaired) electrons. The zero-order chi connectivity index (χ0) is 20.3. The van der Waals surface area contributed by atoms with Gasteiger partial charge in [0.05, 0.1) is 12.7 Å². The van der Waals surface area contributed by atoms with Crippen LogP contribution in [0.4, 0.5) is 5.95 Å². The van der Waals surface area contributed by atoms with E-state index in [1.165, 1.54) is 23.8 Å². The number of hydrogen-bond donors (Lipinski definition) is 1. The molecule has 2 aromatic heterocycles. The predicted octanol–water partition coefficient (Wildman–Crippen LogP) is 3.39. The molecule has 160 valence electrons. The van der Waals surface area contributed by atoms with E-state index in [1.54, 1.807) is 0 Å². The molecule has 2 fully saturated rings. The molecule has 2 aliphatic rings. The van der Waals surface area contributed by atoms with Crippen molar-refractivity contribution in [3.05, 3.63) is 41.9 Å². The number of H-pyrrole nitrogens is 1. The number of aromatic amines is 1. The van der Waals surface area contributed by atoms with E-state index >= 15 is 0 Å². The van der Waals surface area contributed by atoms with Crippen molar-refractivity contribution < 1.29 is 9.47 Å². The van der Waals surface area contributed by atoms with Crippen molar-refractivity contribution in [1.82, 2.24) is 19.7 Å². The van der Waals surface area contributed by atoms with E-state index in [9.17, 15) is 0 Å². The van der Waals surface area contributed by atoms with Crippen LogP contribution in [0.5, 0.6) is 0 Å². The van der Waals surface area contributed by atoms with Crippen LogP contribution in [0.2, 0.25) is 0 Å². The molecule has 1 N–H and O–H groups in total. The molecule has 0 aliphatic carbocycles. The molecule has 2 saturated heterocycles. The molecule has 0 spiro atoms. The number of anilines is 1. The van der Waals surface area contributed by atoms with Crippen molar-refractivity contribution in [3.63, 3.8) is 0 Å². The van der Waals surface area contributed by atoms with E-state index < -0.39 is 0 Å². The number of para-hydroxylation sites is 1. The highest BCUT2D eigenvalue weighted by Gasteiger charge is 2.25. The Morgan fingerprint density at radius 1 is 1.17 bits per heavy atom. The van der Waals surface area contributed by atoms with E-state index in [0.29, 0.717) is 5.92 Å². The number of fused-ring (bicyclic) bond motifs is 1. The van der Waals surface area contributed by atoms with E-state index in [-0.39, 0.29) is 6.10 Å². The summed E-state index contributed by atoms with van der Waals surface area (Å²) in [7, 11) is 2.11. The van der Waals surface area contributed by atoms with Gasteiger partial charge in [0.1, 0.15) is 5.82 Å². The molecule has 2 aliphatic heterocycles. The van der Waals surface area contributed by atoms with Crippen molar-refractivity contribution in [2.75, 3.05) is 38.3 Å². The quantitative estimate of drug-likeness (QED) is 0.648. The van der Waals surface area contributed by atoms with Gasteiger partial charge in [0.2, 0.25) is 5.95 Å². The summed E-state index contributed by atoms with van der Waals surface area (Å²) in [5.74, 6) is 2.46. The fraction of sp³-hybridized carbons (Fsp3) is 0.565. The minimum Gasteiger partial charge on any atom is -0.381 e. The molecule has 7 heteroatoms. The third-order valence-electron chi connectivity index (χ3n) is 6.39. The van der Waals surface area contributed by atoms with Crippen molar-refractivity contribution >= 4 is 16.9 Å². The zero-order valence-electron chi connectivity index (χ0n) is 17.7. The summed E-state index contributed by atoms with van der Waals surface area (Å²) >= 11 is 0. The van der Waals surface area contributed by atoms with Gasteiger partial charge in [-0.1, -0.05) is 18.2 Å². The number of aromatic nitrogens is 4. The average Bonchev–Trinajstić information content (AvgIpc) is 3.51.